The summed E-state index contributed by atoms with van der Waals surface area (Å²) in [6.07, 6.45) is 3.99. The molecule has 0 fully saturated rings. The molecule has 0 aliphatic rings. The fourth-order valence-corrected chi connectivity index (χ4v) is 2.07. The third-order valence-corrected chi connectivity index (χ3v) is 3.15. The quantitative estimate of drug-likeness (QED) is 0.735. The van der Waals surface area contributed by atoms with Gasteiger partial charge in [0, 0.05) is 23.5 Å². The van der Waals surface area contributed by atoms with Crippen molar-refractivity contribution in [1.82, 2.24) is 0 Å². The van der Waals surface area contributed by atoms with Crippen molar-refractivity contribution in [2.75, 3.05) is 30.9 Å². The highest BCUT2D eigenvalue weighted by atomic mass is 16.5. The number of methoxy groups -OCH3 is 1. The van der Waals surface area contributed by atoms with E-state index in [0.717, 1.165) is 17.0 Å². The Morgan fingerprint density at radius 2 is 1.96 bits per heavy atom. The lowest BCUT2D eigenvalue weighted by Crippen LogP contribution is -2.15. The van der Waals surface area contributed by atoms with Crippen molar-refractivity contribution in [1.29, 1.82) is 0 Å². The third kappa shape index (κ3) is 5.16. The summed E-state index contributed by atoms with van der Waals surface area (Å²) in [4.78, 5) is 11.2. The van der Waals surface area contributed by atoms with Gasteiger partial charge in [-0.05, 0) is 24.3 Å². The zero-order valence-corrected chi connectivity index (χ0v) is 13.0. The number of carbonyl (C=O) groups is 1. The van der Waals surface area contributed by atoms with Gasteiger partial charge in [-0.25, -0.2) is 0 Å². The van der Waals surface area contributed by atoms with E-state index in [9.17, 15) is 4.79 Å². The number of hydrogen-bond donors (Lipinski definition) is 3. The van der Waals surface area contributed by atoms with Crippen molar-refractivity contribution in [3.63, 3.8) is 0 Å². The number of rotatable bonds is 7. The largest absolute Gasteiger partial charge is 0.496 e. The van der Waals surface area contributed by atoms with Gasteiger partial charge in [0.2, 0.25) is 5.91 Å². The molecule has 2 aromatic carbocycles. The van der Waals surface area contributed by atoms with Crippen LogP contribution < -0.4 is 15.4 Å². The fraction of sp³-hybridized carbons (Fsp3) is 0.167. The molecule has 120 valence electrons. The second kappa shape index (κ2) is 8.60. The van der Waals surface area contributed by atoms with Crippen molar-refractivity contribution in [2.45, 2.75) is 0 Å². The molecule has 23 heavy (non-hydrogen) atoms. The Morgan fingerprint density at radius 1 is 1.17 bits per heavy atom. The van der Waals surface area contributed by atoms with Crippen LogP contribution in [0.4, 0.5) is 11.4 Å². The minimum Gasteiger partial charge on any atom is -0.496 e. The Kier molecular flexibility index (Phi) is 6.20. The van der Waals surface area contributed by atoms with Crippen LogP contribution in [0.15, 0.2) is 54.6 Å². The highest BCUT2D eigenvalue weighted by Crippen LogP contribution is 2.19. The first kappa shape index (κ1) is 16.6. The Bertz CT molecular complexity index is 683. The van der Waals surface area contributed by atoms with E-state index in [1.807, 2.05) is 54.6 Å². The number of anilines is 2. The van der Waals surface area contributed by atoms with Crippen molar-refractivity contribution in [3.8, 4) is 5.75 Å². The maximum atomic E-state index is 11.2. The van der Waals surface area contributed by atoms with Gasteiger partial charge in [0.05, 0.1) is 7.11 Å². The van der Waals surface area contributed by atoms with Gasteiger partial charge in [0.15, 0.2) is 0 Å². The predicted molar refractivity (Wildman–Crippen MR) is 92.7 cm³/mol. The highest BCUT2D eigenvalue weighted by molar-refractivity contribution is 5.91. The molecule has 0 bridgehead atoms. The molecule has 0 aromatic heterocycles. The van der Waals surface area contributed by atoms with Gasteiger partial charge < -0.3 is 20.5 Å². The highest BCUT2D eigenvalue weighted by Gasteiger charge is 2.00. The van der Waals surface area contributed by atoms with Crippen LogP contribution in [0.1, 0.15) is 5.56 Å². The van der Waals surface area contributed by atoms with E-state index >= 15 is 0 Å². The lowest BCUT2D eigenvalue weighted by molar-refractivity contribution is -0.118. The first-order chi connectivity index (χ1) is 11.2. The maximum Gasteiger partial charge on any atom is 0.250 e. The van der Waals surface area contributed by atoms with Crippen LogP contribution in [-0.2, 0) is 4.79 Å². The maximum absolute atomic E-state index is 11.2. The molecule has 2 rings (SSSR count). The molecule has 0 aliphatic heterocycles. The van der Waals surface area contributed by atoms with E-state index in [-0.39, 0.29) is 0 Å². The Labute approximate surface area is 135 Å². The van der Waals surface area contributed by atoms with E-state index < -0.39 is 12.5 Å². The summed E-state index contributed by atoms with van der Waals surface area (Å²) < 4.78 is 5.29. The number of amides is 1. The van der Waals surface area contributed by atoms with Gasteiger partial charge in [-0.3, -0.25) is 4.79 Å². The molecule has 0 saturated carbocycles. The molecule has 0 saturated heterocycles. The number of aliphatic hydroxyl groups excluding tert-OH is 1. The first-order valence-electron chi connectivity index (χ1n) is 7.27. The molecule has 1 amide bonds. The van der Waals surface area contributed by atoms with Crippen LogP contribution in [0, 0.1) is 0 Å². The summed E-state index contributed by atoms with van der Waals surface area (Å²) in [6.45, 7) is 0.106. The molecule has 0 radical (unpaired) electrons. The molecular weight excluding hydrogens is 292 g/mol. The molecule has 0 aliphatic carbocycles. The number of nitrogens with one attached hydrogen (secondary N) is 2. The van der Waals surface area contributed by atoms with Gasteiger partial charge in [-0.2, -0.15) is 0 Å². The normalized spacial score (nSPS) is 10.5. The lowest BCUT2D eigenvalue weighted by Gasteiger charge is -2.07. The van der Waals surface area contributed by atoms with Gasteiger partial charge in [-0.1, -0.05) is 36.4 Å². The van der Waals surface area contributed by atoms with Crippen LogP contribution in [-0.4, -0.2) is 31.3 Å². The predicted octanol–water partition coefficient (Wildman–Crippen LogP) is 2.75. The second-order valence-corrected chi connectivity index (χ2v) is 4.81. The topological polar surface area (TPSA) is 70.6 Å². The molecule has 0 heterocycles. The number of hydrogen-bond acceptors (Lipinski definition) is 4. The molecule has 0 spiro atoms. The second-order valence-electron chi connectivity index (χ2n) is 4.81. The molecule has 5 nitrogen and oxygen atoms in total. The van der Waals surface area contributed by atoms with E-state index in [1.165, 1.54) is 0 Å². The molecule has 0 atom stereocenters. The average Bonchev–Trinajstić information content (AvgIpc) is 2.59. The van der Waals surface area contributed by atoms with Crippen LogP contribution in [0.3, 0.4) is 0 Å². The van der Waals surface area contributed by atoms with Gasteiger partial charge in [0.25, 0.3) is 0 Å². The smallest absolute Gasteiger partial charge is 0.250 e. The Hall–Kier alpha value is -2.79. The minimum absolute atomic E-state index is 0.432. The Balaban J connectivity index is 1.92. The van der Waals surface area contributed by atoms with Crippen molar-refractivity contribution in [2.24, 2.45) is 0 Å². The molecular formula is C18H20N2O3. The summed E-state index contributed by atoms with van der Waals surface area (Å²) in [6, 6.07) is 15.1. The van der Waals surface area contributed by atoms with Crippen LogP contribution in [0.25, 0.3) is 6.08 Å². The van der Waals surface area contributed by atoms with E-state index in [1.54, 1.807) is 13.2 Å². The summed E-state index contributed by atoms with van der Waals surface area (Å²) in [5.41, 5.74) is 2.54. The minimum atomic E-state index is -0.528. The standard InChI is InChI=1S/C18H20N2O3/c1-23-17-10-3-2-6-14(17)7-5-11-19-15-8-4-9-16(12-15)20-18(22)13-21/h2-10,12,19,21H,11,13H2,1H3,(H,20,22)/b7-5+. The SMILES string of the molecule is COc1ccccc1/C=C/CNc1cccc(NC(=O)CO)c1. The summed E-state index contributed by atoms with van der Waals surface area (Å²) in [7, 11) is 1.65. The third-order valence-electron chi connectivity index (χ3n) is 3.15. The number of aliphatic hydroxyl groups is 1. The van der Waals surface area contributed by atoms with Crippen molar-refractivity contribution < 1.29 is 14.6 Å². The van der Waals surface area contributed by atoms with Gasteiger partial charge >= 0.3 is 0 Å². The number of benzene rings is 2. The lowest BCUT2D eigenvalue weighted by atomic mass is 10.2. The number of carbonyl (C=O) groups excluding carboxylic acids is 1. The summed E-state index contributed by atoms with van der Waals surface area (Å²) in [5, 5.41) is 14.6. The van der Waals surface area contributed by atoms with Crippen molar-refractivity contribution >= 4 is 23.4 Å². The fourth-order valence-electron chi connectivity index (χ4n) is 2.07. The van der Waals surface area contributed by atoms with E-state index in [0.29, 0.717) is 12.2 Å². The summed E-state index contributed by atoms with van der Waals surface area (Å²) >= 11 is 0. The van der Waals surface area contributed by atoms with Gasteiger partial charge in [0.1, 0.15) is 12.4 Å². The zero-order valence-electron chi connectivity index (χ0n) is 13.0. The summed E-state index contributed by atoms with van der Waals surface area (Å²) in [5.74, 6) is 0.399. The first-order valence-corrected chi connectivity index (χ1v) is 7.27. The Morgan fingerprint density at radius 3 is 2.74 bits per heavy atom. The van der Waals surface area contributed by atoms with E-state index in [2.05, 4.69) is 10.6 Å². The number of para-hydroxylation sites is 1. The van der Waals surface area contributed by atoms with Crippen molar-refractivity contribution in [3.05, 3.63) is 60.2 Å². The molecule has 5 heteroatoms. The van der Waals surface area contributed by atoms with Crippen LogP contribution >= 0.6 is 0 Å². The van der Waals surface area contributed by atoms with E-state index in [4.69, 9.17) is 9.84 Å². The molecule has 2 aromatic rings. The molecule has 0 unspecified atom stereocenters. The molecule has 3 N–H and O–H groups in total. The van der Waals surface area contributed by atoms with Gasteiger partial charge in [-0.15, -0.1) is 0 Å². The monoisotopic (exact) mass is 312 g/mol. The zero-order chi connectivity index (χ0) is 16.5. The average molecular weight is 312 g/mol. The number of ether oxygens (including phenoxy) is 1. The van der Waals surface area contributed by atoms with Crippen LogP contribution in [0.2, 0.25) is 0 Å². The van der Waals surface area contributed by atoms with Crippen LogP contribution in [0.5, 0.6) is 5.75 Å².